The predicted molar refractivity (Wildman–Crippen MR) is 66.4 cm³/mol. The van der Waals surface area contributed by atoms with Gasteiger partial charge in [-0.25, -0.2) is 0 Å². The molecule has 0 saturated carbocycles. The summed E-state index contributed by atoms with van der Waals surface area (Å²) in [5, 5.41) is 8.06. The summed E-state index contributed by atoms with van der Waals surface area (Å²) in [5.41, 5.74) is 3.33. The van der Waals surface area contributed by atoms with Gasteiger partial charge >= 0.3 is 0 Å². The first kappa shape index (κ1) is 11.2. The first-order chi connectivity index (χ1) is 7.72. The fourth-order valence-electron chi connectivity index (χ4n) is 1.72. The van der Waals surface area contributed by atoms with E-state index in [0.29, 0.717) is 0 Å². The van der Waals surface area contributed by atoms with Crippen LogP contribution >= 0.6 is 11.6 Å². The van der Waals surface area contributed by atoms with Crippen molar-refractivity contribution in [1.82, 2.24) is 15.1 Å². The summed E-state index contributed by atoms with van der Waals surface area (Å²) in [6, 6.07) is 8.03. The molecule has 2 aromatic rings. The second-order valence-corrected chi connectivity index (χ2v) is 4.08. The Labute approximate surface area is 100 Å². The molecule has 84 valence electrons. The lowest BCUT2D eigenvalue weighted by Gasteiger charge is -2.07. The Morgan fingerprint density at radius 3 is 2.81 bits per heavy atom. The van der Waals surface area contributed by atoms with Crippen LogP contribution in [0.1, 0.15) is 5.56 Å². The molecule has 16 heavy (non-hydrogen) atoms. The van der Waals surface area contributed by atoms with Crippen LogP contribution < -0.4 is 5.32 Å². The van der Waals surface area contributed by atoms with Gasteiger partial charge in [0.2, 0.25) is 0 Å². The molecular formula is C12H14ClN3. The Kier molecular flexibility index (Phi) is 3.27. The van der Waals surface area contributed by atoms with Crippen molar-refractivity contribution in [3.8, 4) is 11.3 Å². The van der Waals surface area contributed by atoms with E-state index in [1.807, 2.05) is 37.0 Å². The van der Waals surface area contributed by atoms with Crippen LogP contribution in [-0.2, 0) is 13.6 Å². The Balaban J connectivity index is 2.43. The zero-order chi connectivity index (χ0) is 11.5. The van der Waals surface area contributed by atoms with Crippen LogP contribution in [0.15, 0.2) is 30.5 Å². The Morgan fingerprint density at radius 2 is 2.19 bits per heavy atom. The smallest absolute Gasteiger partial charge is 0.0679 e. The topological polar surface area (TPSA) is 29.9 Å². The molecule has 0 unspecified atom stereocenters. The maximum Gasteiger partial charge on any atom is 0.0679 e. The van der Waals surface area contributed by atoms with Crippen LogP contribution in [0.4, 0.5) is 0 Å². The van der Waals surface area contributed by atoms with Gasteiger partial charge in [0.25, 0.3) is 0 Å². The molecule has 0 aliphatic rings. The first-order valence-electron chi connectivity index (χ1n) is 5.14. The van der Waals surface area contributed by atoms with Gasteiger partial charge in [0.05, 0.1) is 5.69 Å². The van der Waals surface area contributed by atoms with Gasteiger partial charge in [-0.15, -0.1) is 0 Å². The molecule has 0 saturated heterocycles. The zero-order valence-electron chi connectivity index (χ0n) is 9.37. The normalized spacial score (nSPS) is 10.7. The molecule has 0 fully saturated rings. The number of benzene rings is 1. The van der Waals surface area contributed by atoms with Crippen molar-refractivity contribution in [1.29, 1.82) is 0 Å². The minimum Gasteiger partial charge on any atom is -0.316 e. The van der Waals surface area contributed by atoms with Gasteiger partial charge in [0.15, 0.2) is 0 Å². The maximum absolute atomic E-state index is 6.11. The third-order valence-corrected chi connectivity index (χ3v) is 2.90. The monoisotopic (exact) mass is 235 g/mol. The van der Waals surface area contributed by atoms with Gasteiger partial charge in [-0.05, 0) is 30.8 Å². The largest absolute Gasteiger partial charge is 0.316 e. The lowest BCUT2D eigenvalue weighted by atomic mass is 10.1. The van der Waals surface area contributed by atoms with Crippen LogP contribution in [0.25, 0.3) is 11.3 Å². The molecule has 0 aliphatic heterocycles. The highest BCUT2D eigenvalue weighted by Crippen LogP contribution is 2.24. The highest BCUT2D eigenvalue weighted by molar-refractivity contribution is 6.31. The van der Waals surface area contributed by atoms with E-state index in [9.17, 15) is 0 Å². The standard InChI is InChI=1S/C12H14ClN3/c1-14-8-10-7-9(3-4-11(10)13)12-5-6-15-16(12)2/h3-7,14H,8H2,1-2H3. The van der Waals surface area contributed by atoms with Crippen molar-refractivity contribution < 1.29 is 0 Å². The Bertz CT molecular complexity index is 491. The molecule has 1 heterocycles. The number of nitrogens with zero attached hydrogens (tertiary/aromatic N) is 2. The average Bonchev–Trinajstić information content (AvgIpc) is 2.68. The van der Waals surface area contributed by atoms with Crippen molar-refractivity contribution in [2.24, 2.45) is 7.05 Å². The van der Waals surface area contributed by atoms with E-state index in [0.717, 1.165) is 28.4 Å². The van der Waals surface area contributed by atoms with E-state index in [-0.39, 0.29) is 0 Å². The van der Waals surface area contributed by atoms with Crippen molar-refractivity contribution >= 4 is 11.6 Å². The minimum atomic E-state index is 0.768. The summed E-state index contributed by atoms with van der Waals surface area (Å²) in [6.07, 6.45) is 1.79. The van der Waals surface area contributed by atoms with Gasteiger partial charge in [-0.2, -0.15) is 5.10 Å². The van der Waals surface area contributed by atoms with Gasteiger partial charge in [0.1, 0.15) is 0 Å². The molecule has 0 radical (unpaired) electrons. The van der Waals surface area contributed by atoms with Crippen LogP contribution in [0.3, 0.4) is 0 Å². The van der Waals surface area contributed by atoms with Crippen molar-refractivity contribution in [2.45, 2.75) is 6.54 Å². The van der Waals surface area contributed by atoms with E-state index in [1.54, 1.807) is 6.20 Å². The number of aryl methyl sites for hydroxylation is 1. The molecular weight excluding hydrogens is 222 g/mol. The second-order valence-electron chi connectivity index (χ2n) is 3.68. The summed E-state index contributed by atoms with van der Waals surface area (Å²) < 4.78 is 1.85. The van der Waals surface area contributed by atoms with E-state index in [4.69, 9.17) is 11.6 Å². The molecule has 3 nitrogen and oxygen atoms in total. The van der Waals surface area contributed by atoms with Crippen molar-refractivity contribution in [3.63, 3.8) is 0 Å². The first-order valence-corrected chi connectivity index (χ1v) is 5.51. The van der Waals surface area contributed by atoms with E-state index >= 15 is 0 Å². The molecule has 1 N–H and O–H groups in total. The quantitative estimate of drug-likeness (QED) is 0.886. The number of rotatable bonds is 3. The highest BCUT2D eigenvalue weighted by atomic mass is 35.5. The van der Waals surface area contributed by atoms with Crippen LogP contribution in [-0.4, -0.2) is 16.8 Å². The third kappa shape index (κ3) is 2.10. The van der Waals surface area contributed by atoms with Gasteiger partial charge in [0, 0.05) is 30.4 Å². The minimum absolute atomic E-state index is 0.768. The predicted octanol–water partition coefficient (Wildman–Crippen LogP) is 2.46. The molecule has 1 aromatic carbocycles. The average molecular weight is 236 g/mol. The highest BCUT2D eigenvalue weighted by Gasteiger charge is 2.05. The Morgan fingerprint density at radius 1 is 1.38 bits per heavy atom. The summed E-state index contributed by atoms with van der Waals surface area (Å²) in [7, 11) is 3.84. The van der Waals surface area contributed by atoms with Gasteiger partial charge < -0.3 is 5.32 Å². The molecule has 0 aliphatic carbocycles. The fraction of sp³-hybridized carbons (Fsp3) is 0.250. The van der Waals surface area contributed by atoms with Crippen molar-refractivity contribution in [3.05, 3.63) is 41.0 Å². The van der Waals surface area contributed by atoms with E-state index in [1.165, 1.54) is 0 Å². The molecule has 0 spiro atoms. The summed E-state index contributed by atoms with van der Waals surface area (Å²) in [6.45, 7) is 0.768. The third-order valence-electron chi connectivity index (χ3n) is 2.53. The lowest BCUT2D eigenvalue weighted by molar-refractivity contribution is 0.775. The van der Waals surface area contributed by atoms with Gasteiger partial charge in [-0.1, -0.05) is 17.7 Å². The molecule has 0 amide bonds. The zero-order valence-corrected chi connectivity index (χ0v) is 10.1. The lowest BCUT2D eigenvalue weighted by Crippen LogP contribution is -2.05. The van der Waals surface area contributed by atoms with Crippen LogP contribution in [0, 0.1) is 0 Å². The van der Waals surface area contributed by atoms with Crippen molar-refractivity contribution in [2.75, 3.05) is 7.05 Å². The Hall–Kier alpha value is -1.32. The molecule has 0 atom stereocenters. The number of aromatic nitrogens is 2. The number of hydrogen-bond donors (Lipinski definition) is 1. The summed E-state index contributed by atoms with van der Waals surface area (Å²) in [4.78, 5) is 0. The number of nitrogens with one attached hydrogen (secondary N) is 1. The van der Waals surface area contributed by atoms with Crippen LogP contribution in [0.2, 0.25) is 5.02 Å². The molecule has 0 bridgehead atoms. The fourth-order valence-corrected chi connectivity index (χ4v) is 1.90. The molecule has 4 heteroatoms. The number of hydrogen-bond acceptors (Lipinski definition) is 2. The summed E-state index contributed by atoms with van der Waals surface area (Å²) in [5.74, 6) is 0. The summed E-state index contributed by atoms with van der Waals surface area (Å²) >= 11 is 6.11. The number of halogens is 1. The second kappa shape index (κ2) is 4.68. The van der Waals surface area contributed by atoms with E-state index < -0.39 is 0 Å². The molecule has 1 aromatic heterocycles. The van der Waals surface area contributed by atoms with Crippen LogP contribution in [0.5, 0.6) is 0 Å². The SMILES string of the molecule is CNCc1cc(-c2ccnn2C)ccc1Cl. The van der Waals surface area contributed by atoms with E-state index in [2.05, 4.69) is 16.5 Å². The molecule has 2 rings (SSSR count). The maximum atomic E-state index is 6.11. The van der Waals surface area contributed by atoms with Gasteiger partial charge in [-0.3, -0.25) is 4.68 Å².